The molecule has 2 nitrogen and oxygen atoms in total. The van der Waals surface area contributed by atoms with Gasteiger partial charge in [0.2, 0.25) is 0 Å². The maximum atomic E-state index is 10.0. The summed E-state index contributed by atoms with van der Waals surface area (Å²) in [5.74, 6) is 1.14. The molecule has 212 valence electrons. The summed E-state index contributed by atoms with van der Waals surface area (Å²) in [6.07, 6.45) is 7.68. The Labute approximate surface area is 251 Å². The third kappa shape index (κ3) is 5.25. The van der Waals surface area contributed by atoms with Gasteiger partial charge in [0.15, 0.2) is 0 Å². The van der Waals surface area contributed by atoms with Crippen molar-refractivity contribution in [3.8, 4) is 11.1 Å². The van der Waals surface area contributed by atoms with Crippen molar-refractivity contribution in [1.82, 2.24) is 0 Å². The Morgan fingerprint density at radius 2 is 1.19 bits per heavy atom. The van der Waals surface area contributed by atoms with Crippen molar-refractivity contribution in [1.29, 1.82) is 0 Å². The molecule has 0 aromatic heterocycles. The van der Waals surface area contributed by atoms with Crippen molar-refractivity contribution in [2.45, 2.75) is 40.0 Å². The summed E-state index contributed by atoms with van der Waals surface area (Å²) in [6, 6.07) is 30.6. The minimum Gasteiger partial charge on any atom is -0.513 e. The highest BCUT2D eigenvalue weighted by Crippen LogP contribution is 2.56. The molecule has 0 aliphatic heterocycles. The molecule has 0 saturated heterocycles. The molecular weight excluding hydrogens is 512 g/mol. The molecule has 1 aliphatic rings. The predicted molar refractivity (Wildman–Crippen MR) is 179 cm³/mol. The van der Waals surface area contributed by atoms with E-state index in [4.69, 9.17) is 4.74 Å². The molecule has 1 N–H and O–H groups in total. The summed E-state index contributed by atoms with van der Waals surface area (Å²) < 4.78 is 6.08. The molecule has 42 heavy (non-hydrogen) atoms. The van der Waals surface area contributed by atoms with Gasteiger partial charge in [-0.1, -0.05) is 119 Å². The predicted octanol–water partition coefficient (Wildman–Crippen LogP) is 10.7. The molecule has 2 heteroatoms. The second kappa shape index (κ2) is 11.4. The molecule has 0 unspecified atom stereocenters. The Bertz CT molecular complexity index is 1680. The van der Waals surface area contributed by atoms with E-state index < -0.39 is 5.41 Å². The molecular formula is C40H40O2. The van der Waals surface area contributed by atoms with Crippen LogP contribution in [0.1, 0.15) is 79.1 Å². The van der Waals surface area contributed by atoms with Gasteiger partial charge in [-0.3, -0.25) is 0 Å². The molecule has 4 aromatic carbocycles. The number of fused-ring (bicyclic) bond motifs is 3. The Morgan fingerprint density at radius 3 is 1.64 bits per heavy atom. The third-order valence-corrected chi connectivity index (χ3v) is 7.89. The van der Waals surface area contributed by atoms with Crippen molar-refractivity contribution < 1.29 is 9.84 Å². The van der Waals surface area contributed by atoms with E-state index >= 15 is 0 Å². The molecule has 0 fully saturated rings. The van der Waals surface area contributed by atoms with Gasteiger partial charge in [-0.25, -0.2) is 0 Å². The number of hydrogen-bond acceptors (Lipinski definition) is 2. The fraction of sp³-hybridized carbons (Fsp3) is 0.200. The lowest BCUT2D eigenvalue weighted by molar-refractivity contribution is 0.131. The summed E-state index contributed by atoms with van der Waals surface area (Å²) in [7, 11) is 0. The van der Waals surface area contributed by atoms with Crippen molar-refractivity contribution in [3.05, 3.63) is 154 Å². The van der Waals surface area contributed by atoms with Crippen LogP contribution >= 0.6 is 0 Å². The Balaban J connectivity index is 1.77. The van der Waals surface area contributed by atoms with Gasteiger partial charge in [0.25, 0.3) is 0 Å². The third-order valence-electron chi connectivity index (χ3n) is 7.89. The molecule has 0 atom stereocenters. The van der Waals surface area contributed by atoms with Crippen LogP contribution in [-0.2, 0) is 10.2 Å². The number of rotatable bonds is 8. The van der Waals surface area contributed by atoms with E-state index in [1.807, 2.05) is 19.1 Å². The van der Waals surface area contributed by atoms with Crippen LogP contribution in [0.5, 0.6) is 0 Å². The number of benzene rings is 4. The van der Waals surface area contributed by atoms with E-state index in [9.17, 15) is 5.11 Å². The maximum Gasteiger partial charge on any atom is 0.0935 e. The Hall–Kier alpha value is -4.56. The van der Waals surface area contributed by atoms with Gasteiger partial charge in [0, 0.05) is 0 Å². The van der Waals surface area contributed by atoms with Crippen LogP contribution in [0.4, 0.5) is 0 Å². The van der Waals surface area contributed by atoms with Crippen LogP contribution in [0, 0.1) is 5.41 Å². The average Bonchev–Trinajstić information content (AvgIpc) is 3.27. The first-order chi connectivity index (χ1) is 20.1. The van der Waals surface area contributed by atoms with Crippen LogP contribution in [0.3, 0.4) is 0 Å². The first-order valence-electron chi connectivity index (χ1n) is 14.5. The zero-order valence-corrected chi connectivity index (χ0v) is 25.4. The highest BCUT2D eigenvalue weighted by molar-refractivity contribution is 5.87. The van der Waals surface area contributed by atoms with Crippen molar-refractivity contribution in [3.63, 3.8) is 0 Å². The molecule has 0 bridgehead atoms. The van der Waals surface area contributed by atoms with Gasteiger partial charge in [0.05, 0.1) is 23.5 Å². The van der Waals surface area contributed by atoms with Crippen LogP contribution in [-0.4, -0.2) is 11.7 Å². The SMILES string of the molecule is C=Cc1cc(C2(c3ccc(/C=C(\C)OCC(C)(C)C)c(C=C)c3)c3ccccc3-c3ccccc32)ccc1/C=C(\C)O. The van der Waals surface area contributed by atoms with E-state index in [0.717, 1.165) is 39.1 Å². The van der Waals surface area contributed by atoms with Crippen molar-refractivity contribution in [2.75, 3.05) is 6.61 Å². The van der Waals surface area contributed by atoms with Crippen molar-refractivity contribution in [2.24, 2.45) is 5.41 Å². The summed E-state index contributed by atoms with van der Waals surface area (Å²) in [6.45, 7) is 19.2. The van der Waals surface area contributed by atoms with Crippen LogP contribution < -0.4 is 0 Å². The zero-order valence-electron chi connectivity index (χ0n) is 25.4. The summed E-state index contributed by atoms with van der Waals surface area (Å²) >= 11 is 0. The van der Waals surface area contributed by atoms with E-state index in [1.54, 1.807) is 13.0 Å². The number of ether oxygens (including phenoxy) is 1. The molecule has 0 saturated carbocycles. The van der Waals surface area contributed by atoms with Crippen LogP contribution in [0.25, 0.3) is 35.4 Å². The molecule has 0 amide bonds. The fourth-order valence-corrected chi connectivity index (χ4v) is 6.07. The highest BCUT2D eigenvalue weighted by Gasteiger charge is 2.46. The Kier molecular flexibility index (Phi) is 7.84. The monoisotopic (exact) mass is 552 g/mol. The molecule has 0 radical (unpaired) electrons. The molecule has 4 aromatic rings. The van der Waals surface area contributed by atoms with Gasteiger partial charge in [-0.15, -0.1) is 0 Å². The lowest BCUT2D eigenvalue weighted by Gasteiger charge is -2.34. The smallest absolute Gasteiger partial charge is 0.0935 e. The summed E-state index contributed by atoms with van der Waals surface area (Å²) in [4.78, 5) is 0. The standard InChI is InChI=1S/C40H40O2/c1-8-29-24-33(20-18-31(29)22-27(3)41)40(37-16-12-10-14-35(37)36-15-11-13-17-38(36)40)34-21-19-32(30(9-2)25-34)23-28(4)42-26-39(5,6)7/h8-25,41H,1-2,26H2,3-7H3/b27-22+,28-23+. The molecule has 5 rings (SSSR count). The topological polar surface area (TPSA) is 29.5 Å². The zero-order chi connectivity index (χ0) is 30.1. The van der Waals surface area contributed by atoms with E-state index in [2.05, 4.69) is 125 Å². The summed E-state index contributed by atoms with van der Waals surface area (Å²) in [5, 5.41) is 10.0. The maximum absolute atomic E-state index is 10.0. The second-order valence-corrected chi connectivity index (χ2v) is 12.3. The summed E-state index contributed by atoms with van der Waals surface area (Å²) in [5.41, 5.74) is 10.8. The minimum atomic E-state index is -0.556. The number of allylic oxidation sites excluding steroid dienone is 2. The lowest BCUT2D eigenvalue weighted by atomic mass is 9.67. The quantitative estimate of drug-likeness (QED) is 0.194. The molecule has 0 spiro atoms. The van der Waals surface area contributed by atoms with Crippen molar-refractivity contribution >= 4 is 24.3 Å². The van der Waals surface area contributed by atoms with E-state index in [1.165, 1.54) is 22.3 Å². The molecule has 0 heterocycles. The van der Waals surface area contributed by atoms with Crippen LogP contribution in [0.2, 0.25) is 0 Å². The van der Waals surface area contributed by atoms with E-state index in [-0.39, 0.29) is 11.2 Å². The van der Waals surface area contributed by atoms with Gasteiger partial charge in [-0.05, 0) is 99.2 Å². The largest absolute Gasteiger partial charge is 0.513 e. The number of aliphatic hydroxyl groups excluding tert-OH is 1. The van der Waals surface area contributed by atoms with E-state index in [0.29, 0.717) is 6.61 Å². The number of hydrogen-bond donors (Lipinski definition) is 1. The van der Waals surface area contributed by atoms with Gasteiger partial charge >= 0.3 is 0 Å². The van der Waals surface area contributed by atoms with Gasteiger partial charge in [0.1, 0.15) is 0 Å². The number of aliphatic hydroxyl groups is 1. The first-order valence-corrected chi connectivity index (χ1v) is 14.5. The second-order valence-electron chi connectivity index (χ2n) is 12.3. The van der Waals surface area contributed by atoms with Crippen LogP contribution in [0.15, 0.2) is 110 Å². The normalized spacial score (nSPS) is 14.2. The lowest BCUT2D eigenvalue weighted by Crippen LogP contribution is -2.29. The van der Waals surface area contributed by atoms with Gasteiger partial charge in [-0.2, -0.15) is 0 Å². The Morgan fingerprint density at radius 1 is 0.714 bits per heavy atom. The average molecular weight is 553 g/mol. The fourth-order valence-electron chi connectivity index (χ4n) is 6.07. The minimum absolute atomic E-state index is 0.0847. The highest BCUT2D eigenvalue weighted by atomic mass is 16.5. The van der Waals surface area contributed by atoms with Gasteiger partial charge < -0.3 is 9.84 Å². The first kappa shape index (κ1) is 29.0. The molecule has 1 aliphatic carbocycles.